The number of fused-ring (bicyclic) bond motifs is 1. The van der Waals surface area contributed by atoms with Gasteiger partial charge < -0.3 is 14.8 Å². The van der Waals surface area contributed by atoms with E-state index in [1.54, 1.807) is 10.6 Å². The van der Waals surface area contributed by atoms with E-state index < -0.39 is 0 Å². The summed E-state index contributed by atoms with van der Waals surface area (Å²) in [6.07, 6.45) is 1.84. The summed E-state index contributed by atoms with van der Waals surface area (Å²) >= 11 is 3.12. The number of nitrogens with two attached hydrogens (primary N) is 1. The molecule has 3 aromatic rings. The third kappa shape index (κ3) is 2.19. The van der Waals surface area contributed by atoms with Gasteiger partial charge in [-0.15, -0.1) is 0 Å². The fraction of sp³-hybridized carbons (Fsp3) is 0.182. The predicted molar refractivity (Wildman–Crippen MR) is 69.8 cm³/mol. The summed E-state index contributed by atoms with van der Waals surface area (Å²) in [7, 11) is 0. The van der Waals surface area contributed by atoms with E-state index in [0.717, 1.165) is 0 Å². The molecule has 8 heteroatoms. The Balaban J connectivity index is 1.98. The van der Waals surface area contributed by atoms with E-state index in [2.05, 4.69) is 31.1 Å². The monoisotopic (exact) mass is 325 g/mol. The minimum Gasteiger partial charge on any atom is -0.369 e. The van der Waals surface area contributed by atoms with Crippen molar-refractivity contribution in [3.8, 4) is 0 Å². The van der Waals surface area contributed by atoms with Crippen LogP contribution in [0, 0.1) is 5.82 Å². The summed E-state index contributed by atoms with van der Waals surface area (Å²) in [4.78, 5) is 8.12. The van der Waals surface area contributed by atoms with E-state index in [1.165, 1.54) is 12.4 Å². The van der Waals surface area contributed by atoms with Crippen molar-refractivity contribution >= 4 is 32.9 Å². The van der Waals surface area contributed by atoms with Crippen LogP contribution in [0.2, 0.25) is 0 Å². The number of rotatable bonds is 3. The first-order valence-electron chi connectivity index (χ1n) is 5.51. The molecular weight excluding hydrogens is 317 g/mol. The first kappa shape index (κ1) is 12.1. The predicted octanol–water partition coefficient (Wildman–Crippen LogP) is 2.15. The normalized spacial score (nSPS) is 11.3. The molecule has 0 aliphatic carbocycles. The second-order valence-electron chi connectivity index (χ2n) is 3.96. The van der Waals surface area contributed by atoms with Crippen LogP contribution in [0.1, 0.15) is 5.89 Å². The number of anilines is 1. The maximum absolute atomic E-state index is 13.6. The van der Waals surface area contributed by atoms with E-state index in [1.807, 2.05) is 0 Å². The van der Waals surface area contributed by atoms with Crippen LogP contribution in [0.3, 0.4) is 0 Å². The highest BCUT2D eigenvalue weighted by Gasteiger charge is 2.12. The molecule has 2 heterocycles. The van der Waals surface area contributed by atoms with Gasteiger partial charge in [-0.3, -0.25) is 0 Å². The molecule has 0 radical (unpaired) electrons. The Kier molecular flexibility index (Phi) is 2.94. The minimum atomic E-state index is -0.355. The third-order valence-electron chi connectivity index (χ3n) is 2.78. The van der Waals surface area contributed by atoms with Crippen LogP contribution in [0.5, 0.6) is 0 Å². The number of halogens is 2. The largest absolute Gasteiger partial charge is 0.369 e. The summed E-state index contributed by atoms with van der Waals surface area (Å²) in [5.41, 5.74) is 7.11. The summed E-state index contributed by atoms with van der Waals surface area (Å²) in [6.45, 7) is 0.492. The van der Waals surface area contributed by atoms with E-state index in [-0.39, 0.29) is 5.82 Å². The Morgan fingerprint density at radius 1 is 1.42 bits per heavy atom. The Morgan fingerprint density at radius 3 is 3.00 bits per heavy atom. The van der Waals surface area contributed by atoms with Crippen molar-refractivity contribution in [1.82, 2.24) is 19.7 Å². The maximum atomic E-state index is 13.6. The lowest BCUT2D eigenvalue weighted by Gasteiger charge is -2.04. The second kappa shape index (κ2) is 4.61. The average molecular weight is 326 g/mol. The first-order chi connectivity index (χ1) is 9.15. The fourth-order valence-electron chi connectivity index (χ4n) is 1.89. The van der Waals surface area contributed by atoms with Crippen LogP contribution in [0.15, 0.2) is 27.5 Å². The smallest absolute Gasteiger partial charge is 0.228 e. The number of imidazole rings is 1. The molecule has 19 heavy (non-hydrogen) atoms. The molecule has 0 saturated heterocycles. The fourth-order valence-corrected chi connectivity index (χ4v) is 2.22. The molecule has 2 aromatic heterocycles. The summed E-state index contributed by atoms with van der Waals surface area (Å²) in [5.74, 6) is 0.470. The van der Waals surface area contributed by atoms with E-state index >= 15 is 0 Å². The highest BCUT2D eigenvalue weighted by atomic mass is 79.9. The van der Waals surface area contributed by atoms with Gasteiger partial charge in [0, 0.05) is 19.0 Å². The Morgan fingerprint density at radius 2 is 2.26 bits per heavy atom. The number of aryl methyl sites for hydroxylation is 2. The highest BCUT2D eigenvalue weighted by molar-refractivity contribution is 9.10. The standard InChI is InChI=1S/C11H9BrFN5O/c12-6-3-8-9(4-7(6)13)18(11(14)17-8)2-1-10-15-5-16-19-10/h3-5H,1-2H2,(H2,14,17). The van der Waals surface area contributed by atoms with Crippen LogP contribution in [0.25, 0.3) is 11.0 Å². The zero-order chi connectivity index (χ0) is 13.4. The molecule has 0 fully saturated rings. The molecule has 0 unspecified atom stereocenters. The molecule has 0 spiro atoms. The van der Waals surface area contributed by atoms with Crippen LogP contribution in [-0.2, 0) is 13.0 Å². The number of aromatic nitrogens is 4. The number of nitrogen functional groups attached to an aromatic ring is 1. The van der Waals surface area contributed by atoms with Gasteiger partial charge in [0.2, 0.25) is 11.8 Å². The lowest BCUT2D eigenvalue weighted by atomic mass is 10.3. The van der Waals surface area contributed by atoms with Crippen molar-refractivity contribution in [3.63, 3.8) is 0 Å². The zero-order valence-electron chi connectivity index (χ0n) is 9.68. The average Bonchev–Trinajstić information content (AvgIpc) is 2.96. The van der Waals surface area contributed by atoms with Crippen molar-refractivity contribution in [3.05, 3.63) is 34.6 Å². The van der Waals surface area contributed by atoms with Crippen LogP contribution >= 0.6 is 15.9 Å². The van der Waals surface area contributed by atoms with Gasteiger partial charge in [-0.1, -0.05) is 5.16 Å². The molecule has 98 valence electrons. The van der Waals surface area contributed by atoms with E-state index in [0.29, 0.717) is 40.3 Å². The van der Waals surface area contributed by atoms with Gasteiger partial charge >= 0.3 is 0 Å². The Labute approximate surface area is 115 Å². The Bertz CT molecular complexity index is 724. The van der Waals surface area contributed by atoms with Gasteiger partial charge in [0.05, 0.1) is 15.5 Å². The number of benzene rings is 1. The molecule has 3 rings (SSSR count). The number of hydrogen-bond acceptors (Lipinski definition) is 5. The lowest BCUT2D eigenvalue weighted by molar-refractivity contribution is 0.372. The summed E-state index contributed by atoms with van der Waals surface area (Å²) in [5, 5.41) is 3.52. The molecule has 6 nitrogen and oxygen atoms in total. The van der Waals surface area contributed by atoms with Crippen molar-refractivity contribution in [2.24, 2.45) is 0 Å². The van der Waals surface area contributed by atoms with Crippen molar-refractivity contribution in [2.75, 3.05) is 5.73 Å². The van der Waals surface area contributed by atoms with E-state index in [9.17, 15) is 4.39 Å². The molecular formula is C11H9BrFN5O. The van der Waals surface area contributed by atoms with Crippen molar-refractivity contribution in [2.45, 2.75) is 13.0 Å². The molecule has 0 bridgehead atoms. The lowest BCUT2D eigenvalue weighted by Crippen LogP contribution is -2.06. The SMILES string of the molecule is Nc1nc2cc(Br)c(F)cc2n1CCc1ncno1. The Hall–Kier alpha value is -1.96. The second-order valence-corrected chi connectivity index (χ2v) is 4.82. The molecule has 0 amide bonds. The van der Waals surface area contributed by atoms with Gasteiger partial charge in [-0.05, 0) is 22.0 Å². The molecule has 0 atom stereocenters. The minimum absolute atomic E-state index is 0.326. The third-order valence-corrected chi connectivity index (χ3v) is 3.38. The summed E-state index contributed by atoms with van der Waals surface area (Å²) < 4.78 is 20.6. The molecule has 0 saturated carbocycles. The van der Waals surface area contributed by atoms with Crippen LogP contribution in [0.4, 0.5) is 10.3 Å². The van der Waals surface area contributed by atoms with Gasteiger partial charge in [0.1, 0.15) is 5.82 Å². The summed E-state index contributed by atoms with van der Waals surface area (Å²) in [6, 6.07) is 3.00. The van der Waals surface area contributed by atoms with Gasteiger partial charge in [0.25, 0.3) is 0 Å². The van der Waals surface area contributed by atoms with Crippen LogP contribution in [-0.4, -0.2) is 19.7 Å². The highest BCUT2D eigenvalue weighted by Crippen LogP contribution is 2.25. The first-order valence-corrected chi connectivity index (χ1v) is 6.31. The number of nitrogens with zero attached hydrogens (tertiary/aromatic N) is 4. The topological polar surface area (TPSA) is 82.8 Å². The van der Waals surface area contributed by atoms with Crippen LogP contribution < -0.4 is 5.73 Å². The van der Waals surface area contributed by atoms with Crippen molar-refractivity contribution < 1.29 is 8.91 Å². The van der Waals surface area contributed by atoms with Gasteiger partial charge in [-0.2, -0.15) is 4.98 Å². The quantitative estimate of drug-likeness (QED) is 0.797. The number of hydrogen-bond donors (Lipinski definition) is 1. The van der Waals surface area contributed by atoms with Gasteiger partial charge in [0.15, 0.2) is 6.33 Å². The molecule has 0 aliphatic heterocycles. The molecule has 0 aliphatic rings. The van der Waals surface area contributed by atoms with Gasteiger partial charge in [-0.25, -0.2) is 9.37 Å². The molecule has 2 N–H and O–H groups in total. The molecule has 1 aromatic carbocycles. The zero-order valence-corrected chi connectivity index (χ0v) is 11.3. The van der Waals surface area contributed by atoms with Crippen molar-refractivity contribution in [1.29, 1.82) is 0 Å². The van der Waals surface area contributed by atoms with E-state index in [4.69, 9.17) is 10.3 Å². The maximum Gasteiger partial charge on any atom is 0.228 e.